The number of nitrogens with two attached hydrogens (primary N) is 1. The van der Waals surface area contributed by atoms with Gasteiger partial charge in [0.05, 0.1) is 21.7 Å². The van der Waals surface area contributed by atoms with Crippen molar-refractivity contribution in [3.63, 3.8) is 0 Å². The summed E-state index contributed by atoms with van der Waals surface area (Å²) in [6, 6.07) is 7.86. The molecule has 1 aromatic heterocycles. The molecule has 0 unspecified atom stereocenters. The first-order valence-corrected chi connectivity index (χ1v) is 8.78. The van der Waals surface area contributed by atoms with Crippen molar-refractivity contribution in [3.05, 3.63) is 57.3 Å². The molecule has 1 aliphatic carbocycles. The maximum atomic E-state index is 12.5. The first-order valence-electron chi connectivity index (χ1n) is 8.02. The van der Waals surface area contributed by atoms with E-state index >= 15 is 0 Å². The van der Waals surface area contributed by atoms with Gasteiger partial charge in [0, 0.05) is 16.6 Å². The van der Waals surface area contributed by atoms with E-state index in [1.54, 1.807) is 18.2 Å². The lowest BCUT2D eigenvalue weighted by Crippen LogP contribution is -2.15. The molecule has 1 fully saturated rings. The summed E-state index contributed by atoms with van der Waals surface area (Å²) in [6.07, 6.45) is 2.14. The number of benzene rings is 2. The molecule has 1 aliphatic rings. The largest absolute Gasteiger partial charge is 0.366 e. The average molecular weight is 389 g/mol. The summed E-state index contributed by atoms with van der Waals surface area (Å²) in [5.74, 6) is 0.185. The Kier molecular flexibility index (Phi) is 4.09. The topological polar surface area (TPSA) is 101 Å². The van der Waals surface area contributed by atoms with Crippen LogP contribution in [0.5, 0.6) is 0 Å². The van der Waals surface area contributed by atoms with Gasteiger partial charge in [-0.1, -0.05) is 23.2 Å². The maximum absolute atomic E-state index is 12.5. The molecule has 0 saturated heterocycles. The summed E-state index contributed by atoms with van der Waals surface area (Å²) in [5, 5.41) is 3.41. The van der Waals surface area contributed by atoms with Crippen molar-refractivity contribution in [1.82, 2.24) is 9.97 Å². The van der Waals surface area contributed by atoms with Crippen molar-refractivity contribution in [3.8, 4) is 0 Å². The van der Waals surface area contributed by atoms with E-state index in [2.05, 4.69) is 15.3 Å². The van der Waals surface area contributed by atoms with Crippen LogP contribution in [0.2, 0.25) is 10.0 Å². The van der Waals surface area contributed by atoms with Gasteiger partial charge in [0.2, 0.25) is 0 Å². The van der Waals surface area contributed by atoms with Gasteiger partial charge in [0.15, 0.2) is 0 Å². The second kappa shape index (κ2) is 6.30. The van der Waals surface area contributed by atoms with Gasteiger partial charge in [-0.2, -0.15) is 0 Å². The number of carbonyl (C=O) groups excluding carboxylic acids is 2. The number of hydrogen-bond acceptors (Lipinski definition) is 3. The molecular weight excluding hydrogens is 375 g/mol. The molecule has 1 heterocycles. The standard InChI is InChI=1S/C18H14Cl2N4O2/c19-9-3-4-13(20)11(5-9)18(26)22-10-6-12(16(21)25)15-14(7-10)23-17(24-15)8-1-2-8/h3-8H,1-2H2,(H2,21,25)(H,22,26)(H,23,24). The molecule has 6 nitrogen and oxygen atoms in total. The fraction of sp³-hybridized carbons (Fsp3) is 0.167. The zero-order valence-corrected chi connectivity index (χ0v) is 15.0. The van der Waals surface area contributed by atoms with E-state index in [4.69, 9.17) is 28.9 Å². The fourth-order valence-corrected chi connectivity index (χ4v) is 3.19. The van der Waals surface area contributed by atoms with E-state index in [9.17, 15) is 9.59 Å². The van der Waals surface area contributed by atoms with Gasteiger partial charge < -0.3 is 16.0 Å². The number of fused-ring (bicyclic) bond motifs is 1. The number of nitrogens with zero attached hydrogens (tertiary/aromatic N) is 1. The molecule has 3 aromatic rings. The quantitative estimate of drug-likeness (QED) is 0.626. The Hall–Kier alpha value is -2.57. The number of hydrogen-bond donors (Lipinski definition) is 3. The Morgan fingerprint density at radius 1 is 1.15 bits per heavy atom. The highest BCUT2D eigenvalue weighted by Gasteiger charge is 2.28. The summed E-state index contributed by atoms with van der Waals surface area (Å²) in [6.45, 7) is 0. The van der Waals surface area contributed by atoms with Gasteiger partial charge >= 0.3 is 0 Å². The van der Waals surface area contributed by atoms with Crippen LogP contribution >= 0.6 is 23.2 Å². The Labute approximate surface area is 158 Å². The summed E-state index contributed by atoms with van der Waals surface area (Å²) in [7, 11) is 0. The molecule has 26 heavy (non-hydrogen) atoms. The van der Waals surface area contributed by atoms with Crippen molar-refractivity contribution < 1.29 is 9.59 Å². The number of imidazole rings is 1. The van der Waals surface area contributed by atoms with E-state index in [-0.39, 0.29) is 16.1 Å². The average Bonchev–Trinajstić information content (AvgIpc) is 3.35. The first kappa shape index (κ1) is 16.9. The smallest absolute Gasteiger partial charge is 0.257 e. The Morgan fingerprint density at radius 3 is 2.62 bits per heavy atom. The zero-order valence-electron chi connectivity index (χ0n) is 13.5. The van der Waals surface area contributed by atoms with Gasteiger partial charge in [0.1, 0.15) is 11.3 Å². The number of amides is 2. The van der Waals surface area contributed by atoms with Crippen LogP contribution in [0.4, 0.5) is 5.69 Å². The Bertz CT molecular complexity index is 1060. The number of carbonyl (C=O) groups is 2. The van der Waals surface area contributed by atoms with Gasteiger partial charge in [-0.05, 0) is 43.2 Å². The minimum absolute atomic E-state index is 0.239. The zero-order chi connectivity index (χ0) is 18.4. The fourth-order valence-electron chi connectivity index (χ4n) is 2.82. The van der Waals surface area contributed by atoms with Crippen molar-refractivity contribution in [2.24, 2.45) is 5.73 Å². The van der Waals surface area contributed by atoms with Crippen molar-refractivity contribution >= 4 is 51.7 Å². The molecule has 2 aromatic carbocycles. The molecule has 2 amide bonds. The SMILES string of the molecule is NC(=O)c1cc(NC(=O)c2cc(Cl)ccc2Cl)cc2[nH]c(C3CC3)nc12. The molecule has 0 spiro atoms. The van der Waals surface area contributed by atoms with Gasteiger partial charge in [-0.25, -0.2) is 4.98 Å². The van der Waals surface area contributed by atoms with Crippen LogP contribution in [-0.4, -0.2) is 21.8 Å². The number of aromatic nitrogens is 2. The molecule has 0 radical (unpaired) electrons. The van der Waals surface area contributed by atoms with E-state index in [1.165, 1.54) is 12.1 Å². The summed E-state index contributed by atoms with van der Waals surface area (Å²) >= 11 is 12.0. The summed E-state index contributed by atoms with van der Waals surface area (Å²) in [5.41, 5.74) is 7.55. The predicted octanol–water partition coefficient (Wildman–Crippen LogP) is 4.10. The normalized spacial score (nSPS) is 13.8. The Balaban J connectivity index is 1.73. The number of primary amides is 1. The molecule has 132 valence electrons. The molecule has 4 N–H and O–H groups in total. The second-order valence-electron chi connectivity index (χ2n) is 6.26. The lowest BCUT2D eigenvalue weighted by atomic mass is 10.1. The van der Waals surface area contributed by atoms with Crippen LogP contribution in [0.25, 0.3) is 11.0 Å². The van der Waals surface area contributed by atoms with E-state index in [0.29, 0.717) is 27.7 Å². The van der Waals surface area contributed by atoms with Gasteiger partial charge in [-0.3, -0.25) is 9.59 Å². The summed E-state index contributed by atoms with van der Waals surface area (Å²) in [4.78, 5) is 32.1. The highest BCUT2D eigenvalue weighted by Crippen LogP contribution is 2.39. The number of H-pyrrole nitrogens is 1. The number of rotatable bonds is 4. The molecule has 1 saturated carbocycles. The number of anilines is 1. The highest BCUT2D eigenvalue weighted by molar-refractivity contribution is 6.36. The minimum Gasteiger partial charge on any atom is -0.366 e. The third-order valence-corrected chi connectivity index (χ3v) is 4.83. The first-order chi connectivity index (χ1) is 12.4. The van der Waals surface area contributed by atoms with Crippen molar-refractivity contribution in [2.75, 3.05) is 5.32 Å². The number of halogens is 2. The highest BCUT2D eigenvalue weighted by atomic mass is 35.5. The van der Waals surface area contributed by atoms with Crippen LogP contribution in [0.3, 0.4) is 0 Å². The number of aromatic amines is 1. The molecule has 0 aliphatic heterocycles. The molecule has 8 heteroatoms. The van der Waals surface area contributed by atoms with Crippen LogP contribution in [0.15, 0.2) is 30.3 Å². The second-order valence-corrected chi connectivity index (χ2v) is 7.10. The van der Waals surface area contributed by atoms with Crippen LogP contribution in [-0.2, 0) is 0 Å². The van der Waals surface area contributed by atoms with E-state index < -0.39 is 11.8 Å². The van der Waals surface area contributed by atoms with E-state index in [0.717, 1.165) is 18.7 Å². The number of nitrogens with one attached hydrogen (secondary N) is 2. The van der Waals surface area contributed by atoms with Crippen LogP contribution in [0, 0.1) is 0 Å². The van der Waals surface area contributed by atoms with E-state index in [1.807, 2.05) is 0 Å². The molecule has 0 atom stereocenters. The molecule has 0 bridgehead atoms. The maximum Gasteiger partial charge on any atom is 0.257 e. The summed E-state index contributed by atoms with van der Waals surface area (Å²) < 4.78 is 0. The lowest BCUT2D eigenvalue weighted by Gasteiger charge is -2.09. The lowest BCUT2D eigenvalue weighted by molar-refractivity contribution is 0.0997. The molecular formula is C18H14Cl2N4O2. The van der Waals surface area contributed by atoms with Crippen LogP contribution < -0.4 is 11.1 Å². The minimum atomic E-state index is -0.610. The van der Waals surface area contributed by atoms with Gasteiger partial charge in [0.25, 0.3) is 11.8 Å². The third kappa shape index (κ3) is 3.13. The third-order valence-electron chi connectivity index (χ3n) is 4.27. The Morgan fingerprint density at radius 2 is 1.92 bits per heavy atom. The molecule has 4 rings (SSSR count). The van der Waals surface area contributed by atoms with Crippen molar-refractivity contribution in [1.29, 1.82) is 0 Å². The monoisotopic (exact) mass is 388 g/mol. The van der Waals surface area contributed by atoms with Crippen LogP contribution in [0.1, 0.15) is 45.3 Å². The van der Waals surface area contributed by atoms with Gasteiger partial charge in [-0.15, -0.1) is 0 Å². The predicted molar refractivity (Wildman–Crippen MR) is 101 cm³/mol. The van der Waals surface area contributed by atoms with Crippen molar-refractivity contribution in [2.45, 2.75) is 18.8 Å².